The summed E-state index contributed by atoms with van der Waals surface area (Å²) in [5.41, 5.74) is 2.37. The van der Waals surface area contributed by atoms with Gasteiger partial charge in [-0.3, -0.25) is 4.98 Å². The summed E-state index contributed by atoms with van der Waals surface area (Å²) in [5, 5.41) is 3.18. The van der Waals surface area contributed by atoms with Crippen molar-refractivity contribution in [3.05, 3.63) is 18.5 Å². The van der Waals surface area contributed by atoms with E-state index < -0.39 is 0 Å². The van der Waals surface area contributed by atoms with Crippen LogP contribution in [0.25, 0.3) is 0 Å². The number of anilines is 2. The molecule has 4 heteroatoms. The van der Waals surface area contributed by atoms with Crippen LogP contribution in [-0.2, 0) is 0 Å². The summed E-state index contributed by atoms with van der Waals surface area (Å²) in [6, 6.07) is 3.64. The summed E-state index contributed by atoms with van der Waals surface area (Å²) in [6.45, 7) is 1.14. The molecule has 1 saturated carbocycles. The molecule has 2 fully saturated rings. The van der Waals surface area contributed by atoms with Crippen LogP contribution in [0.5, 0.6) is 0 Å². The Morgan fingerprint density at radius 2 is 2.22 bits per heavy atom. The molecule has 0 spiro atoms. The Morgan fingerprint density at radius 1 is 1.39 bits per heavy atom. The van der Waals surface area contributed by atoms with Crippen molar-refractivity contribution in [1.82, 2.24) is 9.88 Å². The Balaban J connectivity index is 1.83. The highest BCUT2D eigenvalue weighted by molar-refractivity contribution is 5.58. The summed E-state index contributed by atoms with van der Waals surface area (Å²) < 4.78 is 0. The Bertz CT molecular complexity index is 432. The molecule has 1 aromatic rings. The van der Waals surface area contributed by atoms with Crippen LogP contribution in [0.2, 0.25) is 0 Å². The van der Waals surface area contributed by atoms with Gasteiger partial charge in [0.1, 0.15) is 0 Å². The first kappa shape index (κ1) is 11.8. The zero-order valence-corrected chi connectivity index (χ0v) is 11.4. The minimum Gasteiger partial charge on any atom is -0.387 e. The molecule has 18 heavy (non-hydrogen) atoms. The molecular formula is C14H22N4. The molecule has 1 saturated heterocycles. The van der Waals surface area contributed by atoms with Crippen LogP contribution < -0.4 is 10.2 Å². The van der Waals surface area contributed by atoms with Crippen LogP contribution in [-0.4, -0.2) is 49.7 Å². The minimum absolute atomic E-state index is 0.651. The third-order valence-electron chi connectivity index (χ3n) is 4.10. The van der Waals surface area contributed by atoms with Gasteiger partial charge in [-0.15, -0.1) is 0 Å². The molecule has 1 aliphatic carbocycles. The van der Waals surface area contributed by atoms with Gasteiger partial charge in [0.2, 0.25) is 0 Å². The predicted molar refractivity (Wildman–Crippen MR) is 75.1 cm³/mol. The maximum atomic E-state index is 4.35. The maximum absolute atomic E-state index is 4.35. The molecule has 1 aliphatic heterocycles. The van der Waals surface area contributed by atoms with Crippen molar-refractivity contribution >= 4 is 11.4 Å². The Labute approximate surface area is 109 Å². The van der Waals surface area contributed by atoms with Gasteiger partial charge < -0.3 is 15.1 Å². The van der Waals surface area contributed by atoms with Crippen molar-refractivity contribution in [2.75, 3.05) is 37.9 Å². The molecule has 98 valence electrons. The Hall–Kier alpha value is -1.29. The largest absolute Gasteiger partial charge is 0.387 e. The zero-order valence-electron chi connectivity index (χ0n) is 11.4. The average Bonchev–Trinajstić information content (AvgIpc) is 3.00. The molecule has 0 amide bonds. The van der Waals surface area contributed by atoms with Crippen LogP contribution in [0.15, 0.2) is 18.5 Å². The number of pyridine rings is 1. The lowest BCUT2D eigenvalue weighted by molar-refractivity contribution is 0.361. The lowest BCUT2D eigenvalue weighted by Crippen LogP contribution is -2.40. The molecule has 1 aromatic heterocycles. The minimum atomic E-state index is 0.651. The molecule has 2 aliphatic rings. The quantitative estimate of drug-likeness (QED) is 0.875. The second-order valence-corrected chi connectivity index (χ2v) is 5.80. The van der Waals surface area contributed by atoms with E-state index in [1.165, 1.54) is 18.5 Å². The van der Waals surface area contributed by atoms with Gasteiger partial charge in [0, 0.05) is 25.7 Å². The van der Waals surface area contributed by atoms with E-state index in [4.69, 9.17) is 0 Å². The molecule has 3 unspecified atom stereocenters. The van der Waals surface area contributed by atoms with Crippen molar-refractivity contribution in [1.29, 1.82) is 0 Å². The van der Waals surface area contributed by atoms with E-state index in [1.54, 1.807) is 0 Å². The summed E-state index contributed by atoms with van der Waals surface area (Å²) in [6.07, 6.45) is 6.59. The van der Waals surface area contributed by atoms with E-state index in [-0.39, 0.29) is 0 Å². The van der Waals surface area contributed by atoms with Gasteiger partial charge in [0.15, 0.2) is 0 Å². The molecule has 1 N–H and O–H groups in total. The summed E-state index contributed by atoms with van der Waals surface area (Å²) in [4.78, 5) is 9.23. The number of hydrogen-bond acceptors (Lipinski definition) is 4. The first-order chi connectivity index (χ1) is 8.69. The number of likely N-dealkylation sites (N-methyl/N-ethyl adjacent to an activating group) is 1. The molecular weight excluding hydrogens is 224 g/mol. The van der Waals surface area contributed by atoms with Crippen LogP contribution in [0.3, 0.4) is 0 Å². The molecule has 4 nitrogen and oxygen atoms in total. The van der Waals surface area contributed by atoms with Crippen LogP contribution >= 0.6 is 0 Å². The van der Waals surface area contributed by atoms with Crippen molar-refractivity contribution in [2.45, 2.75) is 24.9 Å². The summed E-state index contributed by atoms with van der Waals surface area (Å²) >= 11 is 0. The summed E-state index contributed by atoms with van der Waals surface area (Å²) in [5.74, 6) is 0.924. The lowest BCUT2D eigenvalue weighted by atomic mass is 10.1. The fraction of sp³-hybridized carbons (Fsp3) is 0.643. The third kappa shape index (κ3) is 2.05. The smallest absolute Gasteiger partial charge is 0.0579 e. The fourth-order valence-corrected chi connectivity index (χ4v) is 3.25. The van der Waals surface area contributed by atoms with E-state index in [2.05, 4.69) is 40.3 Å². The molecule has 3 atom stereocenters. The van der Waals surface area contributed by atoms with Gasteiger partial charge in [-0.2, -0.15) is 0 Å². The predicted octanol–water partition coefficient (Wildman–Crippen LogP) is 1.65. The van der Waals surface area contributed by atoms with Crippen molar-refractivity contribution in [2.24, 2.45) is 5.92 Å². The van der Waals surface area contributed by atoms with Gasteiger partial charge in [-0.05, 0) is 38.9 Å². The highest BCUT2D eigenvalue weighted by Gasteiger charge is 2.51. The SMILES string of the molecule is CNc1cncc(N2C(CN(C)C)CC3CC32)c1. The van der Waals surface area contributed by atoms with Gasteiger partial charge in [-0.25, -0.2) is 0 Å². The van der Waals surface area contributed by atoms with Gasteiger partial charge in [0.25, 0.3) is 0 Å². The second kappa shape index (κ2) is 4.43. The number of nitrogens with zero attached hydrogens (tertiary/aromatic N) is 3. The van der Waals surface area contributed by atoms with Gasteiger partial charge >= 0.3 is 0 Å². The van der Waals surface area contributed by atoms with E-state index in [0.717, 1.165) is 24.2 Å². The van der Waals surface area contributed by atoms with E-state index in [0.29, 0.717) is 6.04 Å². The number of hydrogen-bond donors (Lipinski definition) is 1. The van der Waals surface area contributed by atoms with E-state index >= 15 is 0 Å². The van der Waals surface area contributed by atoms with E-state index in [9.17, 15) is 0 Å². The topological polar surface area (TPSA) is 31.4 Å². The van der Waals surface area contributed by atoms with Gasteiger partial charge in [-0.1, -0.05) is 0 Å². The van der Waals surface area contributed by atoms with Crippen LogP contribution in [0, 0.1) is 5.92 Å². The Morgan fingerprint density at radius 3 is 2.94 bits per heavy atom. The number of fused-ring (bicyclic) bond motifs is 1. The van der Waals surface area contributed by atoms with Gasteiger partial charge in [0.05, 0.1) is 23.8 Å². The van der Waals surface area contributed by atoms with Crippen molar-refractivity contribution < 1.29 is 0 Å². The highest BCUT2D eigenvalue weighted by atomic mass is 15.3. The normalized spacial score (nSPS) is 29.6. The zero-order chi connectivity index (χ0) is 12.7. The molecule has 2 heterocycles. The van der Waals surface area contributed by atoms with Crippen LogP contribution in [0.4, 0.5) is 11.4 Å². The number of piperidine rings is 1. The van der Waals surface area contributed by atoms with E-state index in [1.807, 2.05) is 19.4 Å². The second-order valence-electron chi connectivity index (χ2n) is 5.80. The first-order valence-electron chi connectivity index (χ1n) is 6.75. The van der Waals surface area contributed by atoms with Crippen molar-refractivity contribution in [3.63, 3.8) is 0 Å². The lowest BCUT2D eigenvalue weighted by Gasteiger charge is -2.31. The average molecular weight is 246 g/mol. The number of nitrogens with one attached hydrogen (secondary N) is 1. The fourth-order valence-electron chi connectivity index (χ4n) is 3.25. The van der Waals surface area contributed by atoms with Crippen molar-refractivity contribution in [3.8, 4) is 0 Å². The number of rotatable bonds is 4. The number of aromatic nitrogens is 1. The molecule has 0 bridgehead atoms. The molecule has 0 aromatic carbocycles. The Kier molecular flexibility index (Phi) is 2.90. The summed E-state index contributed by atoms with van der Waals surface area (Å²) in [7, 11) is 6.26. The molecule has 0 radical (unpaired) electrons. The first-order valence-corrected chi connectivity index (χ1v) is 6.75. The monoisotopic (exact) mass is 246 g/mol. The standard InChI is InChI=1S/C14H22N4/c1-15-11-6-12(8-16-7-11)18-13(9-17(2)3)4-10-5-14(10)18/h6-8,10,13-15H,4-5,9H2,1-3H3. The van der Waals surface area contributed by atoms with Crippen LogP contribution in [0.1, 0.15) is 12.8 Å². The maximum Gasteiger partial charge on any atom is 0.0579 e. The highest BCUT2D eigenvalue weighted by Crippen LogP contribution is 2.49. The molecule has 3 rings (SSSR count). The third-order valence-corrected chi connectivity index (χ3v) is 4.10.